The van der Waals surface area contributed by atoms with E-state index in [2.05, 4.69) is 5.32 Å². The Morgan fingerprint density at radius 1 is 1.12 bits per heavy atom. The van der Waals surface area contributed by atoms with E-state index >= 15 is 0 Å². The Morgan fingerprint density at radius 2 is 1.85 bits per heavy atom. The Morgan fingerprint density at radius 3 is 2.50 bits per heavy atom. The summed E-state index contributed by atoms with van der Waals surface area (Å²) in [7, 11) is 1.59. The summed E-state index contributed by atoms with van der Waals surface area (Å²) < 4.78 is 10.9. The van der Waals surface area contributed by atoms with Gasteiger partial charge in [-0.3, -0.25) is 4.79 Å². The minimum absolute atomic E-state index is 0.0844. The second-order valence-electron chi connectivity index (χ2n) is 6.04. The first-order valence-electron chi connectivity index (χ1n) is 8.36. The van der Waals surface area contributed by atoms with Crippen LogP contribution in [0.3, 0.4) is 0 Å². The first-order valence-corrected chi connectivity index (χ1v) is 8.36. The van der Waals surface area contributed by atoms with Crippen LogP contribution in [0.5, 0.6) is 11.5 Å². The minimum Gasteiger partial charge on any atom is -0.496 e. The predicted octanol–water partition coefficient (Wildman–Crippen LogP) is 3.75. The number of rotatable bonds is 8. The lowest BCUT2D eigenvalue weighted by atomic mass is 10.1. The van der Waals surface area contributed by atoms with Crippen LogP contribution in [0.15, 0.2) is 42.5 Å². The van der Waals surface area contributed by atoms with Gasteiger partial charge in [0, 0.05) is 6.42 Å². The minimum atomic E-state index is -1.06. The molecule has 2 N–H and O–H groups in total. The van der Waals surface area contributed by atoms with Gasteiger partial charge in [0.2, 0.25) is 5.91 Å². The number of nitrogens with one attached hydrogen (secondary N) is 1. The standard InChI is InChI=1S/C20H23NO5/c1-13(2)26-18-10-8-15(20(23)24)12-16(18)21-19(22)11-9-14-6-4-5-7-17(14)25-3/h4-8,10,12-13H,9,11H2,1-3H3,(H,21,22)(H,23,24). The zero-order chi connectivity index (χ0) is 19.1. The van der Waals surface area contributed by atoms with Gasteiger partial charge in [0.25, 0.3) is 0 Å². The molecule has 2 aromatic carbocycles. The summed E-state index contributed by atoms with van der Waals surface area (Å²) in [4.78, 5) is 23.5. The van der Waals surface area contributed by atoms with Crippen LogP contribution in [0.25, 0.3) is 0 Å². The van der Waals surface area contributed by atoms with Crippen LogP contribution in [0, 0.1) is 0 Å². The van der Waals surface area contributed by atoms with Gasteiger partial charge in [-0.25, -0.2) is 4.79 Å². The van der Waals surface area contributed by atoms with Gasteiger partial charge in [-0.1, -0.05) is 18.2 Å². The van der Waals surface area contributed by atoms with Gasteiger partial charge in [-0.15, -0.1) is 0 Å². The number of para-hydroxylation sites is 1. The number of carboxylic acid groups (broad SMARTS) is 1. The fourth-order valence-electron chi connectivity index (χ4n) is 2.49. The number of hydrogen-bond donors (Lipinski definition) is 2. The van der Waals surface area contributed by atoms with Crippen molar-refractivity contribution in [3.05, 3.63) is 53.6 Å². The van der Waals surface area contributed by atoms with E-state index in [0.717, 1.165) is 11.3 Å². The molecular weight excluding hydrogens is 334 g/mol. The third-order valence-corrected chi connectivity index (χ3v) is 3.68. The molecule has 2 rings (SSSR count). The van der Waals surface area contributed by atoms with Crippen molar-refractivity contribution in [2.24, 2.45) is 0 Å². The smallest absolute Gasteiger partial charge is 0.335 e. The molecule has 0 unspecified atom stereocenters. The number of methoxy groups -OCH3 is 1. The average Bonchev–Trinajstić information content (AvgIpc) is 2.61. The highest BCUT2D eigenvalue weighted by Gasteiger charge is 2.14. The highest BCUT2D eigenvalue weighted by atomic mass is 16.5. The number of aryl methyl sites for hydroxylation is 1. The number of carbonyl (C=O) groups is 2. The fourth-order valence-corrected chi connectivity index (χ4v) is 2.49. The first kappa shape index (κ1) is 19.3. The number of carboxylic acids is 1. The van der Waals surface area contributed by atoms with Crippen molar-refractivity contribution in [1.29, 1.82) is 0 Å². The van der Waals surface area contributed by atoms with Crippen molar-refractivity contribution >= 4 is 17.6 Å². The predicted molar refractivity (Wildman–Crippen MR) is 99.1 cm³/mol. The van der Waals surface area contributed by atoms with Gasteiger partial charge in [0.1, 0.15) is 11.5 Å². The monoisotopic (exact) mass is 357 g/mol. The van der Waals surface area contributed by atoms with E-state index < -0.39 is 5.97 Å². The van der Waals surface area contributed by atoms with E-state index in [1.165, 1.54) is 12.1 Å². The molecule has 0 aliphatic carbocycles. The summed E-state index contributed by atoms with van der Waals surface area (Å²) in [5.74, 6) is -0.120. The Bertz CT molecular complexity index is 786. The van der Waals surface area contributed by atoms with Crippen LogP contribution in [-0.2, 0) is 11.2 Å². The Hall–Kier alpha value is -3.02. The normalized spacial score (nSPS) is 10.5. The summed E-state index contributed by atoms with van der Waals surface area (Å²) in [6, 6.07) is 11.9. The molecule has 1 amide bonds. The summed E-state index contributed by atoms with van der Waals surface area (Å²) in [5.41, 5.74) is 1.37. The van der Waals surface area contributed by atoms with Crippen LogP contribution < -0.4 is 14.8 Å². The summed E-state index contributed by atoms with van der Waals surface area (Å²) in [6.07, 6.45) is 0.642. The van der Waals surface area contributed by atoms with E-state index in [4.69, 9.17) is 14.6 Å². The average molecular weight is 357 g/mol. The molecule has 138 valence electrons. The number of carbonyl (C=O) groups excluding carboxylic acids is 1. The van der Waals surface area contributed by atoms with Crippen molar-refractivity contribution in [3.63, 3.8) is 0 Å². The van der Waals surface area contributed by atoms with Crippen LogP contribution in [-0.4, -0.2) is 30.2 Å². The lowest BCUT2D eigenvalue weighted by molar-refractivity contribution is -0.116. The van der Waals surface area contributed by atoms with E-state index in [-0.39, 0.29) is 24.0 Å². The van der Waals surface area contributed by atoms with Gasteiger partial charge < -0.3 is 19.9 Å². The first-order chi connectivity index (χ1) is 12.4. The number of amides is 1. The molecular formula is C20H23NO5. The molecule has 0 saturated carbocycles. The highest BCUT2D eigenvalue weighted by molar-refractivity contribution is 5.95. The zero-order valence-corrected chi connectivity index (χ0v) is 15.1. The second kappa shape index (κ2) is 8.89. The molecule has 0 bridgehead atoms. The molecule has 2 aromatic rings. The zero-order valence-electron chi connectivity index (χ0n) is 15.1. The molecule has 0 atom stereocenters. The number of aromatic carboxylic acids is 1. The second-order valence-corrected chi connectivity index (χ2v) is 6.04. The molecule has 0 fully saturated rings. The lowest BCUT2D eigenvalue weighted by Crippen LogP contribution is -2.15. The van der Waals surface area contributed by atoms with E-state index in [1.54, 1.807) is 13.2 Å². The molecule has 0 aliphatic rings. The maximum absolute atomic E-state index is 12.3. The molecule has 0 spiro atoms. The van der Waals surface area contributed by atoms with Crippen LogP contribution in [0.2, 0.25) is 0 Å². The maximum Gasteiger partial charge on any atom is 0.335 e. The highest BCUT2D eigenvalue weighted by Crippen LogP contribution is 2.27. The molecule has 0 aliphatic heterocycles. The van der Waals surface area contributed by atoms with Crippen LogP contribution in [0.1, 0.15) is 36.2 Å². The molecule has 6 nitrogen and oxygen atoms in total. The summed E-state index contributed by atoms with van der Waals surface area (Å²) in [5, 5.41) is 11.9. The molecule has 0 aromatic heterocycles. The number of benzene rings is 2. The van der Waals surface area contributed by atoms with Gasteiger partial charge >= 0.3 is 5.97 Å². The Kier molecular flexibility index (Phi) is 6.60. The van der Waals surface area contributed by atoms with E-state index in [9.17, 15) is 9.59 Å². The van der Waals surface area contributed by atoms with Crippen molar-refractivity contribution in [2.75, 3.05) is 12.4 Å². The summed E-state index contributed by atoms with van der Waals surface area (Å²) >= 11 is 0. The Labute approximate surface area is 152 Å². The maximum atomic E-state index is 12.3. The van der Waals surface area contributed by atoms with Crippen LogP contribution in [0.4, 0.5) is 5.69 Å². The quantitative estimate of drug-likeness (QED) is 0.751. The Balaban J connectivity index is 2.11. The summed E-state index contributed by atoms with van der Waals surface area (Å²) in [6.45, 7) is 3.72. The topological polar surface area (TPSA) is 84.9 Å². The van der Waals surface area contributed by atoms with Crippen molar-refractivity contribution in [1.82, 2.24) is 0 Å². The molecule has 0 saturated heterocycles. The molecule has 26 heavy (non-hydrogen) atoms. The van der Waals surface area contributed by atoms with Crippen LogP contribution >= 0.6 is 0 Å². The number of anilines is 1. The van der Waals surface area contributed by atoms with Crippen molar-refractivity contribution in [2.45, 2.75) is 32.8 Å². The van der Waals surface area contributed by atoms with E-state index in [1.807, 2.05) is 38.1 Å². The lowest BCUT2D eigenvalue weighted by Gasteiger charge is -2.16. The van der Waals surface area contributed by atoms with Gasteiger partial charge in [0.05, 0.1) is 24.5 Å². The van der Waals surface area contributed by atoms with Crippen molar-refractivity contribution < 1.29 is 24.2 Å². The fraction of sp³-hybridized carbons (Fsp3) is 0.300. The SMILES string of the molecule is COc1ccccc1CCC(=O)Nc1cc(C(=O)O)ccc1OC(C)C. The molecule has 0 radical (unpaired) electrons. The van der Waals surface area contributed by atoms with Gasteiger partial charge in [-0.05, 0) is 50.1 Å². The van der Waals surface area contributed by atoms with Crippen molar-refractivity contribution in [3.8, 4) is 11.5 Å². The van der Waals surface area contributed by atoms with Gasteiger partial charge in [-0.2, -0.15) is 0 Å². The van der Waals surface area contributed by atoms with E-state index in [0.29, 0.717) is 17.9 Å². The largest absolute Gasteiger partial charge is 0.496 e. The third-order valence-electron chi connectivity index (χ3n) is 3.68. The molecule has 0 heterocycles. The number of ether oxygens (including phenoxy) is 2. The number of hydrogen-bond acceptors (Lipinski definition) is 4. The molecule has 6 heteroatoms. The van der Waals surface area contributed by atoms with Gasteiger partial charge in [0.15, 0.2) is 0 Å². The third kappa shape index (κ3) is 5.24.